The van der Waals surface area contributed by atoms with Crippen LogP contribution in [0.2, 0.25) is 0 Å². The number of carbonyl (C=O) groups is 2. The van der Waals surface area contributed by atoms with Crippen molar-refractivity contribution < 1.29 is 23.5 Å². The van der Waals surface area contributed by atoms with Crippen molar-refractivity contribution in [1.82, 2.24) is 30.3 Å². The number of rotatable bonds is 9. The molecule has 3 heterocycles. The van der Waals surface area contributed by atoms with Gasteiger partial charge in [-0.15, -0.1) is 4.80 Å². The highest BCUT2D eigenvalue weighted by Gasteiger charge is 2.26. The maximum atomic E-state index is 15.1. The van der Waals surface area contributed by atoms with E-state index in [0.717, 1.165) is 6.07 Å². The van der Waals surface area contributed by atoms with Gasteiger partial charge in [-0.1, -0.05) is 18.2 Å². The lowest BCUT2D eigenvalue weighted by atomic mass is 9.99. The summed E-state index contributed by atoms with van der Waals surface area (Å²) in [6.07, 6.45) is 3.11. The average Bonchev–Trinajstić information content (AvgIpc) is 3.40. The minimum Gasteiger partial charge on any atom is -0.465 e. The third-order valence-corrected chi connectivity index (χ3v) is 5.58. The summed E-state index contributed by atoms with van der Waals surface area (Å²) >= 11 is 0. The molecule has 2 atom stereocenters. The Labute approximate surface area is 214 Å². The van der Waals surface area contributed by atoms with Crippen LogP contribution in [0.25, 0.3) is 5.69 Å². The van der Waals surface area contributed by atoms with Crippen molar-refractivity contribution in [3.8, 4) is 5.69 Å². The summed E-state index contributed by atoms with van der Waals surface area (Å²) in [5.41, 5.74) is 6.79. The fraction of sp³-hybridized carbons (Fsp3) is 0.167. The maximum absolute atomic E-state index is 15.1. The smallest absolute Gasteiger partial charge is 0.404 e. The monoisotopic (exact) mass is 523 g/mol. The highest BCUT2D eigenvalue weighted by molar-refractivity contribution is 5.98. The standard InChI is InChI=1S/C24H23F2N9O3/c1-12-19(35-29-7-8-30-35)9-14(11-28-12)32-22-16(21(27)36)10-18(26)23(34-22)33-20(13(2)31-24(37)38)15-5-3-4-6-17(15)25/h3-11,13,20,31H,1-2H3,(H2,27,36)(H,37,38)(H2,32,33,34)/t13-,20+/m0/s1. The molecule has 1 aromatic carbocycles. The second-order valence-electron chi connectivity index (χ2n) is 8.23. The largest absolute Gasteiger partial charge is 0.465 e. The van der Waals surface area contributed by atoms with Gasteiger partial charge in [-0.3, -0.25) is 9.78 Å². The zero-order chi connectivity index (χ0) is 27.4. The molecule has 0 fully saturated rings. The number of anilines is 3. The number of pyridine rings is 2. The number of halogens is 2. The number of hydrogen-bond donors (Lipinski definition) is 5. The van der Waals surface area contributed by atoms with E-state index in [1.54, 1.807) is 19.1 Å². The van der Waals surface area contributed by atoms with E-state index in [1.807, 2.05) is 0 Å². The van der Waals surface area contributed by atoms with E-state index in [9.17, 15) is 19.1 Å². The van der Waals surface area contributed by atoms with Crippen molar-refractivity contribution in [3.63, 3.8) is 0 Å². The lowest BCUT2D eigenvalue weighted by Crippen LogP contribution is -2.39. The number of nitrogens with one attached hydrogen (secondary N) is 3. The minimum atomic E-state index is -1.35. The molecule has 6 N–H and O–H groups in total. The highest BCUT2D eigenvalue weighted by atomic mass is 19.1. The molecule has 0 aliphatic heterocycles. The van der Waals surface area contributed by atoms with Crippen LogP contribution >= 0.6 is 0 Å². The molecule has 3 aromatic heterocycles. The average molecular weight is 524 g/mol. The van der Waals surface area contributed by atoms with Crippen molar-refractivity contribution in [2.45, 2.75) is 25.9 Å². The van der Waals surface area contributed by atoms with Crippen LogP contribution in [0.15, 0.2) is 55.0 Å². The van der Waals surface area contributed by atoms with Gasteiger partial charge in [-0.25, -0.2) is 18.6 Å². The minimum absolute atomic E-state index is 0.0718. The van der Waals surface area contributed by atoms with E-state index in [0.29, 0.717) is 17.1 Å². The molecule has 0 saturated heterocycles. The summed E-state index contributed by atoms with van der Waals surface area (Å²) in [6, 6.07) is 6.20. The summed E-state index contributed by atoms with van der Waals surface area (Å²) in [4.78, 5) is 33.2. The molecule has 0 aliphatic carbocycles. The van der Waals surface area contributed by atoms with Gasteiger partial charge in [0, 0.05) is 5.56 Å². The van der Waals surface area contributed by atoms with Gasteiger partial charge in [0.2, 0.25) is 0 Å². The Morgan fingerprint density at radius 2 is 1.79 bits per heavy atom. The Bertz CT molecular complexity index is 1480. The van der Waals surface area contributed by atoms with E-state index in [1.165, 1.54) is 48.5 Å². The van der Waals surface area contributed by atoms with Crippen LogP contribution in [-0.4, -0.2) is 48.1 Å². The summed E-state index contributed by atoms with van der Waals surface area (Å²) < 4.78 is 29.8. The third-order valence-electron chi connectivity index (χ3n) is 5.58. The number of nitrogens with zero attached hydrogens (tertiary/aromatic N) is 5. The van der Waals surface area contributed by atoms with E-state index in [-0.39, 0.29) is 22.8 Å². The molecule has 0 spiro atoms. The molecule has 196 valence electrons. The molecular weight excluding hydrogens is 500 g/mol. The zero-order valence-corrected chi connectivity index (χ0v) is 20.2. The van der Waals surface area contributed by atoms with Crippen molar-refractivity contribution in [1.29, 1.82) is 0 Å². The summed E-state index contributed by atoms with van der Waals surface area (Å²) in [5.74, 6) is -3.04. The van der Waals surface area contributed by atoms with Crippen molar-refractivity contribution in [2.24, 2.45) is 5.73 Å². The Hall–Kier alpha value is -5.14. The molecule has 0 saturated carbocycles. The first kappa shape index (κ1) is 25.9. The number of primary amides is 1. The number of hydrogen-bond acceptors (Lipinski definition) is 8. The normalized spacial score (nSPS) is 12.4. The third kappa shape index (κ3) is 5.64. The molecule has 0 radical (unpaired) electrons. The van der Waals surface area contributed by atoms with E-state index >= 15 is 4.39 Å². The van der Waals surface area contributed by atoms with Gasteiger partial charge in [0.15, 0.2) is 11.6 Å². The summed E-state index contributed by atoms with van der Waals surface area (Å²) in [6.45, 7) is 3.24. The molecule has 0 aliphatic rings. The molecule has 4 rings (SSSR count). The summed E-state index contributed by atoms with van der Waals surface area (Å²) in [7, 11) is 0. The Kier molecular flexibility index (Phi) is 7.41. The first-order valence-corrected chi connectivity index (χ1v) is 11.2. The van der Waals surface area contributed by atoms with Crippen LogP contribution in [0.1, 0.15) is 34.6 Å². The summed E-state index contributed by atoms with van der Waals surface area (Å²) in [5, 5.41) is 25.3. The van der Waals surface area contributed by atoms with Crippen molar-refractivity contribution in [2.75, 3.05) is 10.6 Å². The SMILES string of the molecule is Cc1ncc(Nc2nc(N[C@@H](c3ccccc3F)[C@H](C)NC(=O)O)c(F)cc2C(N)=O)cc1-n1nccn1. The van der Waals surface area contributed by atoms with Gasteiger partial charge >= 0.3 is 6.09 Å². The van der Waals surface area contributed by atoms with E-state index < -0.39 is 35.7 Å². The number of benzene rings is 1. The number of aryl methyl sites for hydroxylation is 1. The van der Waals surface area contributed by atoms with Crippen LogP contribution < -0.4 is 21.7 Å². The first-order chi connectivity index (χ1) is 18.1. The van der Waals surface area contributed by atoms with Gasteiger partial charge in [-0.2, -0.15) is 10.2 Å². The van der Waals surface area contributed by atoms with Crippen molar-refractivity contribution >= 4 is 29.3 Å². The number of nitrogens with two attached hydrogens (primary N) is 1. The predicted octanol–water partition coefficient (Wildman–Crippen LogP) is 3.30. The van der Waals surface area contributed by atoms with Gasteiger partial charge < -0.3 is 26.8 Å². The topological polar surface area (TPSA) is 173 Å². The maximum Gasteiger partial charge on any atom is 0.404 e. The first-order valence-electron chi connectivity index (χ1n) is 11.2. The molecule has 12 nitrogen and oxygen atoms in total. The molecule has 4 aromatic rings. The Morgan fingerprint density at radius 3 is 2.45 bits per heavy atom. The van der Waals surface area contributed by atoms with E-state index in [2.05, 4.69) is 36.1 Å². The zero-order valence-electron chi connectivity index (χ0n) is 20.2. The molecule has 14 heteroatoms. The van der Waals surface area contributed by atoms with Crippen LogP contribution in [0.3, 0.4) is 0 Å². The van der Waals surface area contributed by atoms with Gasteiger partial charge in [0.25, 0.3) is 5.91 Å². The van der Waals surface area contributed by atoms with Crippen LogP contribution in [0, 0.1) is 18.6 Å². The van der Waals surface area contributed by atoms with E-state index in [4.69, 9.17) is 5.73 Å². The molecule has 0 unspecified atom stereocenters. The Morgan fingerprint density at radius 1 is 1.08 bits per heavy atom. The molecule has 0 bridgehead atoms. The lowest BCUT2D eigenvalue weighted by molar-refractivity contribution is 0.1000. The Balaban J connectivity index is 1.74. The van der Waals surface area contributed by atoms with Gasteiger partial charge in [-0.05, 0) is 32.0 Å². The van der Waals surface area contributed by atoms with Crippen LogP contribution in [0.5, 0.6) is 0 Å². The number of carbonyl (C=O) groups excluding carboxylic acids is 1. The van der Waals surface area contributed by atoms with Gasteiger partial charge in [0.1, 0.15) is 17.3 Å². The molecule has 2 amide bonds. The second kappa shape index (κ2) is 10.9. The second-order valence-corrected chi connectivity index (χ2v) is 8.23. The molecular formula is C24H23F2N9O3. The lowest BCUT2D eigenvalue weighted by Gasteiger charge is -2.27. The number of amides is 2. The fourth-order valence-corrected chi connectivity index (χ4v) is 3.77. The van der Waals surface area contributed by atoms with Gasteiger partial charge in [0.05, 0.1) is 47.6 Å². The quantitative estimate of drug-likeness (QED) is 0.221. The predicted molar refractivity (Wildman–Crippen MR) is 133 cm³/mol. The number of carboxylic acid groups (broad SMARTS) is 1. The molecule has 38 heavy (non-hydrogen) atoms. The highest BCUT2D eigenvalue weighted by Crippen LogP contribution is 2.29. The van der Waals surface area contributed by atoms with Crippen LogP contribution in [-0.2, 0) is 0 Å². The van der Waals surface area contributed by atoms with Crippen molar-refractivity contribution in [3.05, 3.63) is 83.4 Å². The fourth-order valence-electron chi connectivity index (χ4n) is 3.77. The number of aromatic nitrogens is 5. The van der Waals surface area contributed by atoms with Crippen LogP contribution in [0.4, 0.5) is 30.9 Å².